The zero-order valence-electron chi connectivity index (χ0n) is 10.1. The Kier molecular flexibility index (Phi) is 3.77. The van der Waals surface area contributed by atoms with Crippen molar-refractivity contribution in [2.24, 2.45) is 0 Å². The molecule has 0 aliphatic heterocycles. The SMILES string of the molecule is C[Si](C)(F)[Si](C)([Si](C)(C)F)[Si](C)(C)F. The molecule has 0 rings (SSSR count). The number of rotatable bonds is 3. The van der Waals surface area contributed by atoms with Crippen molar-refractivity contribution in [2.75, 3.05) is 0 Å². The topological polar surface area (TPSA) is 0 Å². The Morgan fingerprint density at radius 1 is 0.500 bits per heavy atom. The molecule has 0 aliphatic carbocycles. The lowest BCUT2D eigenvalue weighted by molar-refractivity contribution is 0.800. The predicted octanol–water partition coefficient (Wildman–Crippen LogP) is 3.82. The molecular formula is C7H21F3Si4. The van der Waals surface area contributed by atoms with Crippen molar-refractivity contribution in [2.45, 2.75) is 45.8 Å². The summed E-state index contributed by atoms with van der Waals surface area (Å²) in [7, 11) is -9.51. The second kappa shape index (κ2) is 3.60. The van der Waals surface area contributed by atoms with Crippen molar-refractivity contribution in [3.63, 3.8) is 0 Å². The van der Waals surface area contributed by atoms with Crippen molar-refractivity contribution in [3.8, 4) is 0 Å². The van der Waals surface area contributed by atoms with Crippen LogP contribution >= 0.6 is 0 Å². The second-order valence-electron chi connectivity index (χ2n) is 5.54. The average Bonchev–Trinajstić information content (AvgIpc) is 1.77. The zero-order valence-corrected chi connectivity index (χ0v) is 14.1. The molecule has 0 N–H and O–H groups in total. The molecule has 7 heteroatoms. The van der Waals surface area contributed by atoms with Gasteiger partial charge in [0.25, 0.3) is 0 Å². The van der Waals surface area contributed by atoms with Crippen LogP contribution in [0.25, 0.3) is 0 Å². The van der Waals surface area contributed by atoms with Crippen LogP contribution in [0.2, 0.25) is 45.8 Å². The molecule has 0 aromatic carbocycles. The van der Waals surface area contributed by atoms with Gasteiger partial charge in [0.15, 0.2) is 0 Å². The van der Waals surface area contributed by atoms with Gasteiger partial charge in [-0.1, -0.05) is 6.55 Å². The van der Waals surface area contributed by atoms with Crippen LogP contribution in [0, 0.1) is 0 Å². The molecular weight excluding hydrogens is 253 g/mol. The first kappa shape index (κ1) is 14.7. The fourth-order valence-electron chi connectivity index (χ4n) is 2.12. The van der Waals surface area contributed by atoms with Crippen LogP contribution < -0.4 is 0 Å². The minimum Gasteiger partial charge on any atom is -0.319 e. The normalized spacial score (nSPS) is 15.9. The van der Waals surface area contributed by atoms with E-state index in [4.69, 9.17) is 0 Å². The van der Waals surface area contributed by atoms with E-state index in [0.29, 0.717) is 0 Å². The van der Waals surface area contributed by atoms with E-state index >= 15 is 0 Å². The molecule has 0 nitrogen and oxygen atoms in total. The Morgan fingerprint density at radius 2 is 0.643 bits per heavy atom. The van der Waals surface area contributed by atoms with Crippen LogP contribution in [0.1, 0.15) is 0 Å². The van der Waals surface area contributed by atoms with Crippen molar-refractivity contribution in [3.05, 3.63) is 0 Å². The second-order valence-corrected chi connectivity index (χ2v) is 40.8. The van der Waals surface area contributed by atoms with E-state index in [1.807, 2.05) is 0 Å². The number of hydrogen-bond donors (Lipinski definition) is 0. The molecule has 0 saturated heterocycles. The molecule has 0 aromatic heterocycles. The quantitative estimate of drug-likeness (QED) is 0.542. The van der Waals surface area contributed by atoms with E-state index in [9.17, 15) is 12.3 Å². The molecule has 0 spiro atoms. The Balaban J connectivity index is 5.54. The Bertz CT molecular complexity index is 174. The summed E-state index contributed by atoms with van der Waals surface area (Å²) in [5.74, 6) is 0. The summed E-state index contributed by atoms with van der Waals surface area (Å²) in [6.45, 7) is 7.63. The summed E-state index contributed by atoms with van der Waals surface area (Å²) in [6, 6.07) is 0. The molecule has 0 atom stereocenters. The molecule has 0 heterocycles. The van der Waals surface area contributed by atoms with Crippen molar-refractivity contribution >= 4 is 30.4 Å². The van der Waals surface area contributed by atoms with E-state index in [0.717, 1.165) is 0 Å². The molecule has 0 aromatic rings. The maximum absolute atomic E-state index is 14.2. The molecule has 0 fully saturated rings. The first-order chi connectivity index (χ1) is 5.75. The molecule has 0 radical (unpaired) electrons. The van der Waals surface area contributed by atoms with Gasteiger partial charge in [-0.05, 0) is 39.3 Å². The number of hydrogen-bond acceptors (Lipinski definition) is 0. The van der Waals surface area contributed by atoms with Crippen LogP contribution in [-0.2, 0) is 0 Å². The smallest absolute Gasteiger partial charge is 0.228 e. The molecule has 86 valence electrons. The lowest BCUT2D eigenvalue weighted by atomic mass is 11.9. The highest BCUT2D eigenvalue weighted by Gasteiger charge is 2.69. The third kappa shape index (κ3) is 2.25. The molecule has 0 unspecified atom stereocenters. The van der Waals surface area contributed by atoms with Crippen molar-refractivity contribution in [1.29, 1.82) is 0 Å². The highest BCUT2D eigenvalue weighted by Crippen LogP contribution is 2.38. The maximum Gasteiger partial charge on any atom is 0.228 e. The Labute approximate surface area is 88.8 Å². The molecule has 0 bridgehead atoms. The van der Waals surface area contributed by atoms with E-state index in [2.05, 4.69) is 0 Å². The average molecular weight is 275 g/mol. The third-order valence-electron chi connectivity index (χ3n) is 3.57. The van der Waals surface area contributed by atoms with E-state index in [-0.39, 0.29) is 0 Å². The van der Waals surface area contributed by atoms with E-state index < -0.39 is 30.4 Å². The van der Waals surface area contributed by atoms with Gasteiger partial charge < -0.3 is 12.3 Å². The Morgan fingerprint density at radius 3 is 0.643 bits per heavy atom. The van der Waals surface area contributed by atoms with Gasteiger partial charge in [-0.25, -0.2) is 0 Å². The minimum absolute atomic E-state index is 1.49. The fourth-order valence-corrected chi connectivity index (χ4v) is 57.3. The first-order valence-electron chi connectivity index (χ1n) is 4.82. The van der Waals surface area contributed by atoms with Gasteiger partial charge in [0.1, 0.15) is 6.63 Å². The van der Waals surface area contributed by atoms with E-state index in [1.54, 1.807) is 6.55 Å². The molecule has 0 aliphatic rings. The van der Waals surface area contributed by atoms with Crippen molar-refractivity contribution in [1.82, 2.24) is 0 Å². The van der Waals surface area contributed by atoms with Gasteiger partial charge in [-0.2, -0.15) is 0 Å². The van der Waals surface area contributed by atoms with Gasteiger partial charge in [0, 0.05) is 0 Å². The first-order valence-corrected chi connectivity index (χ1v) is 19.0. The molecule has 0 amide bonds. The highest BCUT2D eigenvalue weighted by atomic mass is 30.0. The van der Waals surface area contributed by atoms with Crippen LogP contribution in [-0.4, -0.2) is 30.4 Å². The zero-order chi connectivity index (χ0) is 12.0. The number of halogens is 3. The largest absolute Gasteiger partial charge is 0.319 e. The summed E-state index contributed by atoms with van der Waals surface area (Å²) in [6.07, 6.45) is 0. The van der Waals surface area contributed by atoms with Crippen molar-refractivity contribution < 1.29 is 12.3 Å². The fraction of sp³-hybridized carbons (Fsp3) is 1.00. The lowest BCUT2D eigenvalue weighted by Gasteiger charge is -2.45. The highest BCUT2D eigenvalue weighted by molar-refractivity contribution is 7.86. The van der Waals surface area contributed by atoms with E-state index in [1.165, 1.54) is 39.3 Å². The van der Waals surface area contributed by atoms with Crippen LogP contribution in [0.3, 0.4) is 0 Å². The minimum atomic E-state index is -3.17. The Hall–Kier alpha value is 0.658. The van der Waals surface area contributed by atoms with Crippen LogP contribution in [0.4, 0.5) is 12.3 Å². The standard InChI is InChI=1S/C7H21F3Si4/c1-11(2,8)14(7,12(3,4)9)13(5,6)10/h1-7H3. The van der Waals surface area contributed by atoms with Gasteiger partial charge in [0.2, 0.25) is 23.8 Å². The van der Waals surface area contributed by atoms with Crippen LogP contribution in [0.15, 0.2) is 0 Å². The lowest BCUT2D eigenvalue weighted by Crippen LogP contribution is -2.79. The molecule has 14 heavy (non-hydrogen) atoms. The van der Waals surface area contributed by atoms with Crippen LogP contribution in [0.5, 0.6) is 0 Å². The summed E-state index contributed by atoms with van der Waals surface area (Å²) in [4.78, 5) is 0. The van der Waals surface area contributed by atoms with Gasteiger partial charge in [0.05, 0.1) is 0 Å². The van der Waals surface area contributed by atoms with Gasteiger partial charge in [-0.3, -0.25) is 0 Å². The molecule has 0 saturated carbocycles. The predicted molar refractivity (Wildman–Crippen MR) is 67.4 cm³/mol. The summed E-state index contributed by atoms with van der Waals surface area (Å²) >= 11 is 0. The monoisotopic (exact) mass is 274 g/mol. The summed E-state index contributed by atoms with van der Waals surface area (Å²) in [5.41, 5.74) is 0. The maximum atomic E-state index is 14.2. The van der Waals surface area contributed by atoms with Gasteiger partial charge in [-0.15, -0.1) is 0 Å². The summed E-state index contributed by atoms with van der Waals surface area (Å²) in [5, 5.41) is 0. The van der Waals surface area contributed by atoms with Gasteiger partial charge >= 0.3 is 0 Å². The summed E-state index contributed by atoms with van der Waals surface area (Å²) < 4.78 is 42.7. The third-order valence-corrected chi connectivity index (χ3v) is 64.2.